The van der Waals surface area contributed by atoms with Crippen LogP contribution in [0.25, 0.3) is 0 Å². The number of nitrogens with zero attached hydrogens (tertiary/aromatic N) is 2. The van der Waals surface area contributed by atoms with Crippen molar-refractivity contribution in [3.8, 4) is 5.75 Å². The molecule has 9 heteroatoms. The van der Waals surface area contributed by atoms with Gasteiger partial charge in [-0.05, 0) is 36.5 Å². The highest BCUT2D eigenvalue weighted by atomic mass is 16.5. The van der Waals surface area contributed by atoms with Gasteiger partial charge in [0.1, 0.15) is 12.4 Å². The molecule has 2 atom stereocenters. The molecule has 0 radical (unpaired) electrons. The van der Waals surface area contributed by atoms with Gasteiger partial charge in [0.2, 0.25) is 11.8 Å². The van der Waals surface area contributed by atoms with E-state index in [0.717, 1.165) is 43.9 Å². The molecule has 3 aliphatic rings. The van der Waals surface area contributed by atoms with Crippen LogP contribution < -0.4 is 25.6 Å². The first-order valence-corrected chi connectivity index (χ1v) is 12.8. The number of nitrogens with one attached hydrogen (secondary N) is 3. The highest BCUT2D eigenvalue weighted by Crippen LogP contribution is 2.29. The van der Waals surface area contributed by atoms with Crippen LogP contribution in [0.1, 0.15) is 18.4 Å². The molecule has 3 N–H and O–H groups in total. The Bertz CT molecular complexity index is 886. The Morgan fingerprint density at radius 3 is 2.86 bits per heavy atom. The molecule has 1 aromatic carbocycles. The number of methoxy groups -OCH3 is 1. The van der Waals surface area contributed by atoms with Crippen molar-refractivity contribution in [2.24, 2.45) is 11.8 Å². The van der Waals surface area contributed by atoms with Crippen molar-refractivity contribution in [2.45, 2.75) is 19.4 Å². The third kappa shape index (κ3) is 7.19. The summed E-state index contributed by atoms with van der Waals surface area (Å²) in [6.07, 6.45) is 5.44. The molecule has 0 aliphatic carbocycles. The Kier molecular flexibility index (Phi) is 9.39. The highest BCUT2D eigenvalue weighted by Gasteiger charge is 2.31. The summed E-state index contributed by atoms with van der Waals surface area (Å²) in [5.41, 5.74) is 2.25. The van der Waals surface area contributed by atoms with Crippen LogP contribution >= 0.6 is 0 Å². The normalized spacial score (nSPS) is 24.3. The predicted molar refractivity (Wildman–Crippen MR) is 136 cm³/mol. The Morgan fingerprint density at radius 2 is 2.03 bits per heavy atom. The lowest BCUT2D eigenvalue weighted by Gasteiger charge is -2.37. The van der Waals surface area contributed by atoms with Crippen LogP contribution in [0, 0.1) is 11.8 Å². The number of anilines is 1. The molecule has 4 rings (SSSR count). The molecule has 0 aromatic heterocycles. The van der Waals surface area contributed by atoms with Crippen molar-refractivity contribution < 1.29 is 19.1 Å². The molecule has 2 saturated heterocycles. The first-order valence-electron chi connectivity index (χ1n) is 12.8. The van der Waals surface area contributed by atoms with Gasteiger partial charge in [-0.25, -0.2) is 0 Å². The predicted octanol–water partition coefficient (Wildman–Crippen LogP) is 0.752. The first-order chi connectivity index (χ1) is 17.1. The minimum atomic E-state index is 0.0373. The Hall–Kier alpha value is -2.62. The molecule has 35 heavy (non-hydrogen) atoms. The second kappa shape index (κ2) is 12.9. The van der Waals surface area contributed by atoms with Gasteiger partial charge in [0.25, 0.3) is 0 Å². The standard InChI is InChI=1S/C26H39N5O4/c1-34-14-9-29-25(32)16-20-6-10-31-19-21(20)3-2-13-35-24-5-4-23(30-11-7-27-8-12-30)15-22(24)17-28-18-26(31)33/h2-5,15,20-21,27-28H,6-14,16-19H2,1H3,(H,29,32)/b3-2+/t20-,21-/m0/s1. The maximum Gasteiger partial charge on any atom is 0.236 e. The summed E-state index contributed by atoms with van der Waals surface area (Å²) in [4.78, 5) is 29.7. The van der Waals surface area contributed by atoms with E-state index in [0.29, 0.717) is 45.8 Å². The van der Waals surface area contributed by atoms with E-state index >= 15 is 0 Å². The monoisotopic (exact) mass is 485 g/mol. The van der Waals surface area contributed by atoms with Gasteiger partial charge in [-0.1, -0.05) is 12.2 Å². The van der Waals surface area contributed by atoms with E-state index in [4.69, 9.17) is 9.47 Å². The van der Waals surface area contributed by atoms with Crippen molar-refractivity contribution in [2.75, 3.05) is 77.6 Å². The quantitative estimate of drug-likeness (QED) is 0.404. The largest absolute Gasteiger partial charge is 0.489 e. The maximum atomic E-state index is 13.0. The van der Waals surface area contributed by atoms with E-state index in [9.17, 15) is 9.59 Å². The summed E-state index contributed by atoms with van der Waals surface area (Å²) >= 11 is 0. The second-order valence-electron chi connectivity index (χ2n) is 9.47. The number of ether oxygens (including phenoxy) is 2. The molecule has 0 saturated carbocycles. The molecular weight excluding hydrogens is 446 g/mol. The molecule has 2 bridgehead atoms. The number of hydrogen-bond acceptors (Lipinski definition) is 7. The Morgan fingerprint density at radius 1 is 1.17 bits per heavy atom. The molecule has 3 aliphatic heterocycles. The number of piperazine rings is 1. The van der Waals surface area contributed by atoms with Crippen LogP contribution in [0.5, 0.6) is 5.75 Å². The van der Waals surface area contributed by atoms with Gasteiger partial charge < -0.3 is 35.2 Å². The number of carbonyl (C=O) groups excluding carboxylic acids is 2. The van der Waals surface area contributed by atoms with E-state index in [2.05, 4.69) is 39.1 Å². The van der Waals surface area contributed by atoms with Crippen LogP contribution in [-0.2, 0) is 20.9 Å². The zero-order chi connectivity index (χ0) is 24.5. The summed E-state index contributed by atoms with van der Waals surface area (Å²) in [7, 11) is 1.62. The third-order valence-electron chi connectivity index (χ3n) is 7.07. The smallest absolute Gasteiger partial charge is 0.236 e. The van der Waals surface area contributed by atoms with Gasteiger partial charge in [-0.2, -0.15) is 0 Å². The number of benzene rings is 1. The first kappa shape index (κ1) is 25.5. The minimum Gasteiger partial charge on any atom is -0.489 e. The topological polar surface area (TPSA) is 95.2 Å². The minimum absolute atomic E-state index is 0.0373. The third-order valence-corrected chi connectivity index (χ3v) is 7.07. The average molecular weight is 486 g/mol. The summed E-state index contributed by atoms with van der Waals surface area (Å²) in [6.45, 7) is 7.59. The van der Waals surface area contributed by atoms with Gasteiger partial charge in [-0.3, -0.25) is 9.59 Å². The van der Waals surface area contributed by atoms with E-state index in [1.165, 1.54) is 5.69 Å². The molecule has 3 heterocycles. The molecular formula is C26H39N5O4. The number of hydrogen-bond donors (Lipinski definition) is 3. The summed E-state index contributed by atoms with van der Waals surface area (Å²) in [6, 6.07) is 6.34. The fraction of sp³-hybridized carbons (Fsp3) is 0.615. The number of amides is 2. The fourth-order valence-corrected chi connectivity index (χ4v) is 5.08. The van der Waals surface area contributed by atoms with Gasteiger partial charge in [0, 0.05) is 77.1 Å². The Labute approximate surface area is 208 Å². The van der Waals surface area contributed by atoms with Crippen LogP contribution in [0.15, 0.2) is 30.4 Å². The van der Waals surface area contributed by atoms with Crippen LogP contribution in [-0.4, -0.2) is 89.4 Å². The molecule has 1 aromatic rings. The van der Waals surface area contributed by atoms with Crippen molar-refractivity contribution in [3.63, 3.8) is 0 Å². The number of fused-ring (bicyclic) bond motifs is 3. The Balaban J connectivity index is 1.44. The zero-order valence-electron chi connectivity index (χ0n) is 20.8. The maximum absolute atomic E-state index is 13.0. The van der Waals surface area contributed by atoms with Crippen LogP contribution in [0.3, 0.4) is 0 Å². The average Bonchev–Trinajstić information content (AvgIpc) is 2.89. The number of piperidine rings is 1. The van der Waals surface area contributed by atoms with Gasteiger partial charge in [0.15, 0.2) is 0 Å². The second-order valence-corrected chi connectivity index (χ2v) is 9.47. The zero-order valence-corrected chi connectivity index (χ0v) is 20.8. The highest BCUT2D eigenvalue weighted by molar-refractivity contribution is 5.79. The van der Waals surface area contributed by atoms with Gasteiger partial charge in [-0.15, -0.1) is 0 Å². The summed E-state index contributed by atoms with van der Waals surface area (Å²) in [5.74, 6) is 1.30. The molecule has 0 unspecified atom stereocenters. The lowest BCUT2D eigenvalue weighted by Crippen LogP contribution is -2.47. The number of rotatable bonds is 6. The molecule has 9 nitrogen and oxygen atoms in total. The van der Waals surface area contributed by atoms with Crippen molar-refractivity contribution >= 4 is 17.5 Å². The number of carbonyl (C=O) groups is 2. The van der Waals surface area contributed by atoms with Gasteiger partial charge in [0.05, 0.1) is 13.2 Å². The van der Waals surface area contributed by atoms with Crippen molar-refractivity contribution in [1.29, 1.82) is 0 Å². The van der Waals surface area contributed by atoms with E-state index in [1.54, 1.807) is 7.11 Å². The van der Waals surface area contributed by atoms with Crippen molar-refractivity contribution in [1.82, 2.24) is 20.9 Å². The molecule has 2 fully saturated rings. The molecule has 0 spiro atoms. The summed E-state index contributed by atoms with van der Waals surface area (Å²) < 4.78 is 11.2. The summed E-state index contributed by atoms with van der Waals surface area (Å²) in [5, 5.41) is 9.65. The SMILES string of the molecule is COCCNC(=O)C[C@@H]1CCN2C[C@@H]1/C=C/COc1ccc(N3CCNCC3)cc1CNCC2=O. The fourth-order valence-electron chi connectivity index (χ4n) is 5.08. The van der Waals surface area contributed by atoms with Gasteiger partial charge >= 0.3 is 0 Å². The van der Waals surface area contributed by atoms with Crippen molar-refractivity contribution in [3.05, 3.63) is 35.9 Å². The lowest BCUT2D eigenvalue weighted by molar-refractivity contribution is -0.132. The lowest BCUT2D eigenvalue weighted by atomic mass is 9.82. The van der Waals surface area contributed by atoms with E-state index < -0.39 is 0 Å². The molecule has 2 amide bonds. The van der Waals surface area contributed by atoms with Crippen LogP contribution in [0.4, 0.5) is 5.69 Å². The van der Waals surface area contributed by atoms with Crippen LogP contribution in [0.2, 0.25) is 0 Å². The van der Waals surface area contributed by atoms with E-state index in [1.807, 2.05) is 17.0 Å². The van der Waals surface area contributed by atoms with E-state index in [-0.39, 0.29) is 30.2 Å². The molecule has 192 valence electrons.